The Hall–Kier alpha value is -3.22. The van der Waals surface area contributed by atoms with Crippen LogP contribution >= 0.6 is 0 Å². The van der Waals surface area contributed by atoms with Crippen LogP contribution in [0.15, 0.2) is 48.5 Å². The molecule has 1 unspecified atom stereocenters. The largest absolute Gasteiger partial charge is 0.491 e. The summed E-state index contributed by atoms with van der Waals surface area (Å²) in [5.41, 5.74) is 0.420. The summed E-state index contributed by atoms with van der Waals surface area (Å²) in [5, 5.41) is 9.59. The summed E-state index contributed by atoms with van der Waals surface area (Å²) in [6.07, 6.45) is 1.33. The lowest BCUT2D eigenvalue weighted by molar-refractivity contribution is 0.0187. The number of benzene rings is 2. The fourth-order valence-electron chi connectivity index (χ4n) is 3.39. The van der Waals surface area contributed by atoms with E-state index in [4.69, 9.17) is 14.2 Å². The van der Waals surface area contributed by atoms with Crippen LogP contribution in [0.5, 0.6) is 11.5 Å². The monoisotopic (exact) mass is 427 g/mol. The molecule has 0 bridgehead atoms. The molecule has 0 aromatic heterocycles. The van der Waals surface area contributed by atoms with Crippen LogP contribution < -0.4 is 9.47 Å². The second-order valence-corrected chi connectivity index (χ2v) is 8.52. The highest BCUT2D eigenvalue weighted by molar-refractivity contribution is 5.91. The zero-order valence-electron chi connectivity index (χ0n) is 18.2. The Bertz CT molecular complexity index is 906. The van der Waals surface area contributed by atoms with E-state index in [0.29, 0.717) is 12.3 Å². The molecule has 0 saturated carbocycles. The maximum absolute atomic E-state index is 12.4. The molecule has 1 N–H and O–H groups in total. The van der Waals surface area contributed by atoms with Crippen LogP contribution in [0.4, 0.5) is 4.79 Å². The first-order valence-corrected chi connectivity index (χ1v) is 10.4. The quantitative estimate of drug-likeness (QED) is 0.687. The fraction of sp³-hybridized carbons (Fsp3) is 0.417. The third-order valence-corrected chi connectivity index (χ3v) is 4.87. The minimum Gasteiger partial charge on any atom is -0.491 e. The number of carboxylic acid groups (broad SMARTS) is 1. The van der Waals surface area contributed by atoms with Gasteiger partial charge in [0.05, 0.1) is 6.04 Å². The van der Waals surface area contributed by atoms with E-state index in [1.807, 2.05) is 51.1 Å². The second kappa shape index (κ2) is 9.73. The summed E-state index contributed by atoms with van der Waals surface area (Å²) in [6.45, 7) is 6.66. The molecule has 1 fully saturated rings. The Kier molecular flexibility index (Phi) is 7.05. The molecule has 31 heavy (non-hydrogen) atoms. The van der Waals surface area contributed by atoms with Gasteiger partial charge in [-0.05, 0) is 57.4 Å². The lowest BCUT2D eigenvalue weighted by Crippen LogP contribution is -2.42. The first-order chi connectivity index (χ1) is 14.7. The molecule has 7 nitrogen and oxygen atoms in total. The van der Waals surface area contributed by atoms with Crippen molar-refractivity contribution >= 4 is 12.1 Å². The highest BCUT2D eigenvalue weighted by atomic mass is 16.6. The minimum absolute atomic E-state index is 0.0313. The van der Waals surface area contributed by atoms with Gasteiger partial charge in [-0.2, -0.15) is 0 Å². The molecular formula is C24H29NO6. The molecular weight excluding hydrogens is 398 g/mol. The van der Waals surface area contributed by atoms with E-state index in [1.165, 1.54) is 6.07 Å². The van der Waals surface area contributed by atoms with Gasteiger partial charge in [-0.1, -0.05) is 30.3 Å². The summed E-state index contributed by atoms with van der Waals surface area (Å²) >= 11 is 0. The van der Waals surface area contributed by atoms with Crippen LogP contribution in [0.1, 0.15) is 49.5 Å². The molecule has 0 radical (unpaired) electrons. The van der Waals surface area contributed by atoms with Crippen molar-refractivity contribution in [2.75, 3.05) is 13.2 Å². The number of carboxylic acids is 1. The van der Waals surface area contributed by atoms with Crippen LogP contribution in [-0.2, 0) is 11.3 Å². The summed E-state index contributed by atoms with van der Waals surface area (Å²) in [6, 6.07) is 14.2. The number of ether oxygens (including phenoxy) is 3. The van der Waals surface area contributed by atoms with Crippen molar-refractivity contribution in [3.8, 4) is 11.5 Å². The number of likely N-dealkylation sites (tertiary alicyclic amines) is 1. The van der Waals surface area contributed by atoms with Crippen LogP contribution in [0.25, 0.3) is 0 Å². The third-order valence-electron chi connectivity index (χ3n) is 4.87. The maximum Gasteiger partial charge on any atom is 0.410 e. The highest BCUT2D eigenvalue weighted by Crippen LogP contribution is 2.27. The Morgan fingerprint density at radius 1 is 1.10 bits per heavy atom. The van der Waals surface area contributed by atoms with Crippen molar-refractivity contribution in [1.82, 2.24) is 4.90 Å². The van der Waals surface area contributed by atoms with E-state index in [0.717, 1.165) is 18.4 Å². The lowest BCUT2D eigenvalue weighted by atomic mass is 10.2. The average molecular weight is 427 g/mol. The SMILES string of the molecule is CC(C)(C)OC(=O)N1CCCC1COc1ccc(OCc2ccccc2)c(C(=O)O)c1. The van der Waals surface area contributed by atoms with Crippen molar-refractivity contribution in [3.63, 3.8) is 0 Å². The van der Waals surface area contributed by atoms with Gasteiger partial charge in [0.15, 0.2) is 0 Å². The molecule has 2 aromatic carbocycles. The number of hydrogen-bond acceptors (Lipinski definition) is 5. The van der Waals surface area contributed by atoms with Gasteiger partial charge in [0.2, 0.25) is 0 Å². The van der Waals surface area contributed by atoms with E-state index >= 15 is 0 Å². The minimum atomic E-state index is -1.09. The number of carbonyl (C=O) groups excluding carboxylic acids is 1. The number of aromatic carboxylic acids is 1. The number of nitrogens with zero attached hydrogens (tertiary/aromatic N) is 1. The molecule has 0 spiro atoms. The van der Waals surface area contributed by atoms with Crippen molar-refractivity contribution in [2.24, 2.45) is 0 Å². The molecule has 3 rings (SSSR count). The first kappa shape index (κ1) is 22.5. The Morgan fingerprint density at radius 3 is 2.52 bits per heavy atom. The lowest BCUT2D eigenvalue weighted by Gasteiger charge is -2.28. The molecule has 1 amide bonds. The van der Waals surface area contributed by atoms with Crippen LogP contribution in [0.3, 0.4) is 0 Å². The Labute approximate surface area is 182 Å². The smallest absolute Gasteiger partial charge is 0.410 e. The van der Waals surface area contributed by atoms with E-state index < -0.39 is 11.6 Å². The van der Waals surface area contributed by atoms with Gasteiger partial charge in [0.25, 0.3) is 0 Å². The third kappa shape index (κ3) is 6.38. The average Bonchev–Trinajstić information content (AvgIpc) is 3.19. The Morgan fingerprint density at radius 2 is 1.84 bits per heavy atom. The first-order valence-electron chi connectivity index (χ1n) is 10.4. The molecule has 0 aliphatic carbocycles. The predicted molar refractivity (Wildman–Crippen MR) is 116 cm³/mol. The van der Waals surface area contributed by atoms with E-state index in [2.05, 4.69) is 0 Å². The van der Waals surface area contributed by atoms with E-state index in [-0.39, 0.29) is 36.7 Å². The van der Waals surface area contributed by atoms with Crippen molar-refractivity contribution in [3.05, 3.63) is 59.7 Å². The van der Waals surface area contributed by atoms with Crippen LogP contribution in [0, 0.1) is 0 Å². The van der Waals surface area contributed by atoms with Gasteiger partial charge in [0, 0.05) is 6.54 Å². The number of amides is 1. The van der Waals surface area contributed by atoms with E-state index in [9.17, 15) is 14.7 Å². The second-order valence-electron chi connectivity index (χ2n) is 8.52. The molecule has 1 aliphatic heterocycles. The van der Waals surface area contributed by atoms with E-state index in [1.54, 1.807) is 17.0 Å². The number of rotatable bonds is 7. The van der Waals surface area contributed by atoms with Gasteiger partial charge >= 0.3 is 12.1 Å². The molecule has 166 valence electrons. The summed E-state index contributed by atoms with van der Waals surface area (Å²) in [7, 11) is 0. The van der Waals surface area contributed by atoms with Crippen LogP contribution in [-0.4, -0.2) is 46.9 Å². The van der Waals surface area contributed by atoms with Gasteiger partial charge in [0.1, 0.15) is 35.9 Å². The summed E-state index contributed by atoms with van der Waals surface area (Å²) < 4.78 is 17.0. The molecule has 2 aromatic rings. The highest BCUT2D eigenvalue weighted by Gasteiger charge is 2.32. The zero-order valence-corrected chi connectivity index (χ0v) is 18.2. The molecule has 1 atom stereocenters. The van der Waals surface area contributed by atoms with Crippen molar-refractivity contribution in [1.29, 1.82) is 0 Å². The van der Waals surface area contributed by atoms with Gasteiger partial charge in [-0.25, -0.2) is 9.59 Å². The number of hydrogen-bond donors (Lipinski definition) is 1. The summed E-state index contributed by atoms with van der Waals surface area (Å²) in [5.74, 6) is -0.398. The molecule has 7 heteroatoms. The Balaban J connectivity index is 1.63. The van der Waals surface area contributed by atoms with Crippen LogP contribution in [0.2, 0.25) is 0 Å². The summed E-state index contributed by atoms with van der Waals surface area (Å²) in [4.78, 5) is 25.8. The zero-order chi connectivity index (χ0) is 22.4. The standard InChI is InChI=1S/C24H29NO6/c1-24(2,3)31-23(28)25-13-7-10-18(25)16-29-19-11-12-21(20(14-19)22(26)27)30-15-17-8-5-4-6-9-17/h4-6,8-9,11-12,14,18H,7,10,13,15-16H2,1-3H3,(H,26,27). The fourth-order valence-corrected chi connectivity index (χ4v) is 3.39. The maximum atomic E-state index is 12.4. The molecule has 1 saturated heterocycles. The number of carbonyl (C=O) groups is 2. The topological polar surface area (TPSA) is 85.3 Å². The molecule has 1 aliphatic rings. The van der Waals surface area contributed by atoms with Gasteiger partial charge in [-0.15, -0.1) is 0 Å². The van der Waals surface area contributed by atoms with Gasteiger partial charge < -0.3 is 24.2 Å². The predicted octanol–water partition coefficient (Wildman–Crippen LogP) is 4.74. The normalized spacial score (nSPS) is 16.1. The van der Waals surface area contributed by atoms with Crippen molar-refractivity contribution < 1.29 is 28.9 Å². The molecule has 1 heterocycles. The van der Waals surface area contributed by atoms with Crippen molar-refractivity contribution in [2.45, 2.75) is 51.9 Å². The van der Waals surface area contributed by atoms with Gasteiger partial charge in [-0.3, -0.25) is 0 Å².